The molecule has 2 heterocycles. The van der Waals surface area contributed by atoms with E-state index < -0.39 is 0 Å². The lowest BCUT2D eigenvalue weighted by molar-refractivity contribution is 0.0946. The first-order valence-electron chi connectivity index (χ1n) is 9.12. The van der Waals surface area contributed by atoms with E-state index in [1.54, 1.807) is 18.6 Å². The number of hydrogen-bond acceptors (Lipinski definition) is 3. The second-order valence-electron chi connectivity index (χ2n) is 6.72. The Hall–Kier alpha value is -3.67. The van der Waals surface area contributed by atoms with Crippen molar-refractivity contribution >= 4 is 5.91 Å². The Morgan fingerprint density at radius 2 is 1.89 bits per heavy atom. The van der Waals surface area contributed by atoms with Gasteiger partial charge in [-0.25, -0.2) is 4.98 Å². The predicted molar refractivity (Wildman–Crippen MR) is 108 cm³/mol. The molecule has 0 aliphatic rings. The summed E-state index contributed by atoms with van der Waals surface area (Å²) in [7, 11) is 0. The number of benzene rings is 2. The lowest BCUT2D eigenvalue weighted by Crippen LogP contribution is -2.24. The van der Waals surface area contributed by atoms with E-state index >= 15 is 0 Å². The highest BCUT2D eigenvalue weighted by atomic mass is 16.1. The molecular weight excluding hydrogens is 350 g/mol. The van der Waals surface area contributed by atoms with Crippen LogP contribution in [0.2, 0.25) is 0 Å². The molecule has 0 spiro atoms. The first-order chi connectivity index (χ1) is 13.7. The topological polar surface area (TPSA) is 75.6 Å². The van der Waals surface area contributed by atoms with Crippen LogP contribution in [0, 0.1) is 6.92 Å². The van der Waals surface area contributed by atoms with Crippen molar-refractivity contribution in [3.8, 4) is 11.3 Å². The van der Waals surface area contributed by atoms with Crippen molar-refractivity contribution in [2.24, 2.45) is 0 Å². The molecule has 0 fully saturated rings. The van der Waals surface area contributed by atoms with E-state index in [9.17, 15) is 4.79 Å². The summed E-state index contributed by atoms with van der Waals surface area (Å²) in [6, 6.07) is 17.9. The number of amides is 1. The van der Waals surface area contributed by atoms with Gasteiger partial charge in [0.2, 0.25) is 0 Å². The van der Waals surface area contributed by atoms with E-state index in [0.29, 0.717) is 18.8 Å². The fraction of sp³-hybridized carbons (Fsp3) is 0.136. The first-order valence-corrected chi connectivity index (χ1v) is 9.12. The van der Waals surface area contributed by atoms with Crippen LogP contribution >= 0.6 is 0 Å². The van der Waals surface area contributed by atoms with Crippen LogP contribution < -0.4 is 5.32 Å². The summed E-state index contributed by atoms with van der Waals surface area (Å²) in [6.07, 6.45) is 5.47. The molecule has 1 amide bonds. The average Bonchev–Trinajstić information content (AvgIpc) is 3.40. The molecule has 2 aromatic carbocycles. The fourth-order valence-electron chi connectivity index (χ4n) is 3.04. The molecule has 2 aromatic heterocycles. The van der Waals surface area contributed by atoms with Crippen LogP contribution in [0.1, 0.15) is 27.2 Å². The summed E-state index contributed by atoms with van der Waals surface area (Å²) in [5.74, 6) is -0.178. The molecule has 0 saturated heterocycles. The van der Waals surface area contributed by atoms with E-state index in [0.717, 1.165) is 22.4 Å². The van der Waals surface area contributed by atoms with Crippen molar-refractivity contribution in [2.75, 3.05) is 0 Å². The van der Waals surface area contributed by atoms with Gasteiger partial charge in [0.1, 0.15) is 5.69 Å². The van der Waals surface area contributed by atoms with Crippen LogP contribution in [-0.2, 0) is 13.1 Å². The molecule has 28 heavy (non-hydrogen) atoms. The Bertz CT molecular complexity index is 1060. The SMILES string of the molecule is Cc1ccc(-c2cc(C(=O)NCc3ccccc3Cn3ccnc3)[nH]n2)cc1. The Kier molecular flexibility index (Phi) is 5.01. The quantitative estimate of drug-likeness (QED) is 0.544. The summed E-state index contributed by atoms with van der Waals surface area (Å²) < 4.78 is 2.00. The standard InChI is InChI=1S/C22H21N5O/c1-16-6-8-17(9-7-16)20-12-21(26-25-20)22(28)24-13-18-4-2-3-5-19(18)14-27-11-10-23-15-27/h2-12,15H,13-14H2,1H3,(H,24,28)(H,25,26). The second-order valence-corrected chi connectivity index (χ2v) is 6.72. The van der Waals surface area contributed by atoms with Gasteiger partial charge in [0.05, 0.1) is 12.0 Å². The maximum Gasteiger partial charge on any atom is 0.269 e. The fourth-order valence-corrected chi connectivity index (χ4v) is 3.04. The number of hydrogen-bond donors (Lipinski definition) is 2. The zero-order valence-electron chi connectivity index (χ0n) is 15.6. The summed E-state index contributed by atoms with van der Waals surface area (Å²) in [6.45, 7) is 3.20. The summed E-state index contributed by atoms with van der Waals surface area (Å²) in [4.78, 5) is 16.6. The number of H-pyrrole nitrogens is 1. The van der Waals surface area contributed by atoms with E-state index in [-0.39, 0.29) is 5.91 Å². The minimum absolute atomic E-state index is 0.178. The predicted octanol–water partition coefficient (Wildman–Crippen LogP) is 3.56. The molecule has 6 heteroatoms. The van der Waals surface area contributed by atoms with Crippen LogP contribution in [0.3, 0.4) is 0 Å². The Labute approximate surface area is 163 Å². The molecule has 0 saturated carbocycles. The monoisotopic (exact) mass is 371 g/mol. The zero-order chi connectivity index (χ0) is 19.3. The van der Waals surface area contributed by atoms with Crippen LogP contribution in [-0.4, -0.2) is 25.7 Å². The van der Waals surface area contributed by atoms with E-state index in [2.05, 4.69) is 26.6 Å². The molecule has 0 aliphatic carbocycles. The van der Waals surface area contributed by atoms with Crippen molar-refractivity contribution in [3.05, 3.63) is 95.7 Å². The third kappa shape index (κ3) is 4.01. The molecule has 0 aliphatic heterocycles. The minimum atomic E-state index is -0.178. The molecule has 0 atom stereocenters. The van der Waals surface area contributed by atoms with Gasteiger partial charge in [-0.1, -0.05) is 54.1 Å². The smallest absolute Gasteiger partial charge is 0.269 e. The molecule has 4 rings (SSSR count). The number of aromatic nitrogens is 4. The van der Waals surface area contributed by atoms with Crippen molar-refractivity contribution in [3.63, 3.8) is 0 Å². The lowest BCUT2D eigenvalue weighted by atomic mass is 10.1. The van der Waals surface area contributed by atoms with Crippen LogP contribution in [0.5, 0.6) is 0 Å². The molecule has 0 radical (unpaired) electrons. The Morgan fingerprint density at radius 3 is 2.64 bits per heavy atom. The maximum atomic E-state index is 12.5. The van der Waals surface area contributed by atoms with Gasteiger partial charge < -0.3 is 9.88 Å². The molecular formula is C22H21N5O. The van der Waals surface area contributed by atoms with Gasteiger partial charge in [-0.2, -0.15) is 5.10 Å². The zero-order valence-corrected chi connectivity index (χ0v) is 15.6. The number of nitrogens with one attached hydrogen (secondary N) is 2. The molecule has 2 N–H and O–H groups in total. The van der Waals surface area contributed by atoms with Crippen molar-refractivity contribution in [2.45, 2.75) is 20.0 Å². The van der Waals surface area contributed by atoms with Gasteiger partial charge in [0.25, 0.3) is 5.91 Å². The van der Waals surface area contributed by atoms with Crippen molar-refractivity contribution in [1.82, 2.24) is 25.1 Å². The van der Waals surface area contributed by atoms with Crippen molar-refractivity contribution < 1.29 is 4.79 Å². The number of aryl methyl sites for hydroxylation is 1. The number of imidazole rings is 1. The lowest BCUT2D eigenvalue weighted by Gasteiger charge is -2.11. The van der Waals surface area contributed by atoms with Crippen LogP contribution in [0.25, 0.3) is 11.3 Å². The number of rotatable bonds is 6. The van der Waals surface area contributed by atoms with Gasteiger partial charge in [0, 0.05) is 31.0 Å². The number of nitrogens with zero attached hydrogens (tertiary/aromatic N) is 3. The highest BCUT2D eigenvalue weighted by molar-refractivity contribution is 5.93. The highest BCUT2D eigenvalue weighted by Crippen LogP contribution is 2.18. The van der Waals surface area contributed by atoms with Crippen LogP contribution in [0.4, 0.5) is 0 Å². The third-order valence-corrected chi connectivity index (χ3v) is 4.64. The van der Waals surface area contributed by atoms with E-state index in [1.165, 1.54) is 5.56 Å². The van der Waals surface area contributed by atoms with Gasteiger partial charge >= 0.3 is 0 Å². The highest BCUT2D eigenvalue weighted by Gasteiger charge is 2.12. The third-order valence-electron chi connectivity index (χ3n) is 4.64. The Morgan fingerprint density at radius 1 is 1.11 bits per heavy atom. The molecule has 4 aromatic rings. The summed E-state index contributed by atoms with van der Waals surface area (Å²) >= 11 is 0. The molecule has 0 unspecified atom stereocenters. The minimum Gasteiger partial charge on any atom is -0.347 e. The normalized spacial score (nSPS) is 10.8. The summed E-state index contributed by atoms with van der Waals surface area (Å²) in [5, 5.41) is 10.1. The largest absolute Gasteiger partial charge is 0.347 e. The number of aromatic amines is 1. The van der Waals surface area contributed by atoms with Crippen LogP contribution in [0.15, 0.2) is 73.3 Å². The van der Waals surface area contributed by atoms with Crippen molar-refractivity contribution in [1.29, 1.82) is 0 Å². The summed E-state index contributed by atoms with van der Waals surface area (Å²) in [5.41, 5.74) is 5.58. The average molecular weight is 371 g/mol. The maximum absolute atomic E-state index is 12.5. The molecule has 140 valence electrons. The van der Waals surface area contributed by atoms with Gasteiger partial charge in [-0.3, -0.25) is 9.89 Å². The Balaban J connectivity index is 1.43. The molecule has 0 bridgehead atoms. The number of carbonyl (C=O) groups excluding carboxylic acids is 1. The molecule has 6 nitrogen and oxygen atoms in total. The first kappa shape index (κ1) is 17.7. The van der Waals surface area contributed by atoms with Gasteiger partial charge in [-0.05, 0) is 24.1 Å². The van der Waals surface area contributed by atoms with Gasteiger partial charge in [0.15, 0.2) is 0 Å². The van der Waals surface area contributed by atoms with Gasteiger partial charge in [-0.15, -0.1) is 0 Å². The number of carbonyl (C=O) groups is 1. The van der Waals surface area contributed by atoms with E-state index in [4.69, 9.17) is 0 Å². The van der Waals surface area contributed by atoms with E-state index in [1.807, 2.05) is 60.2 Å². The second kappa shape index (κ2) is 7.92.